The maximum atomic E-state index is 12.8. The van der Waals surface area contributed by atoms with Gasteiger partial charge in [-0.25, -0.2) is 22.7 Å². The summed E-state index contributed by atoms with van der Waals surface area (Å²) in [6.07, 6.45) is 7.73. The second kappa shape index (κ2) is 7.48. The van der Waals surface area contributed by atoms with E-state index in [4.69, 9.17) is 0 Å². The van der Waals surface area contributed by atoms with Crippen LogP contribution in [0.15, 0.2) is 6.20 Å². The van der Waals surface area contributed by atoms with Crippen LogP contribution in [-0.4, -0.2) is 68.1 Å². The highest BCUT2D eigenvalue weighted by Gasteiger charge is 2.33. The number of hydrogen-bond acceptors (Lipinski definition) is 6. The van der Waals surface area contributed by atoms with Crippen molar-refractivity contribution >= 4 is 21.9 Å². The van der Waals surface area contributed by atoms with Crippen molar-refractivity contribution < 1.29 is 13.2 Å². The molecule has 1 aliphatic heterocycles. The van der Waals surface area contributed by atoms with Gasteiger partial charge in [0.05, 0.1) is 17.5 Å². The normalized spacial score (nSPS) is 21.9. The summed E-state index contributed by atoms with van der Waals surface area (Å²) in [6.45, 7) is 0.806. The van der Waals surface area contributed by atoms with E-state index in [-0.39, 0.29) is 17.9 Å². The van der Waals surface area contributed by atoms with Crippen molar-refractivity contribution in [2.45, 2.75) is 44.1 Å². The van der Waals surface area contributed by atoms with Crippen molar-refractivity contribution in [2.75, 3.05) is 38.3 Å². The Balaban J connectivity index is 1.88. The Morgan fingerprint density at radius 1 is 1.27 bits per heavy atom. The van der Waals surface area contributed by atoms with Gasteiger partial charge < -0.3 is 10.2 Å². The van der Waals surface area contributed by atoms with Crippen LogP contribution in [-0.2, 0) is 10.0 Å². The summed E-state index contributed by atoms with van der Waals surface area (Å²) >= 11 is 0. The molecule has 2 heterocycles. The lowest BCUT2D eigenvalue weighted by molar-refractivity contribution is 0.0935. The standard InChI is InChI=1S/C17H27N5O3S/c1-21(2)17-18-10-14(16(23)19-13-6-4-5-7-13)15(20-17)12-8-9-22(11-12)26(3,24)25/h10,12-13H,4-9,11H2,1-3H3,(H,19,23). The van der Waals surface area contributed by atoms with E-state index < -0.39 is 10.0 Å². The van der Waals surface area contributed by atoms with Crippen molar-refractivity contribution in [2.24, 2.45) is 0 Å². The largest absolute Gasteiger partial charge is 0.349 e. The fourth-order valence-corrected chi connectivity index (χ4v) is 4.56. The van der Waals surface area contributed by atoms with Gasteiger partial charge in [-0.15, -0.1) is 0 Å². The first-order chi connectivity index (χ1) is 12.3. The topological polar surface area (TPSA) is 95.5 Å². The van der Waals surface area contributed by atoms with Gasteiger partial charge in [-0.1, -0.05) is 12.8 Å². The second-order valence-electron chi connectivity index (χ2n) is 7.42. The van der Waals surface area contributed by atoms with Crippen LogP contribution in [0.1, 0.15) is 54.1 Å². The molecule has 1 aromatic heterocycles. The summed E-state index contributed by atoms with van der Waals surface area (Å²) < 4.78 is 25.1. The van der Waals surface area contributed by atoms with E-state index in [1.165, 1.54) is 10.6 Å². The number of aromatic nitrogens is 2. The molecule has 0 radical (unpaired) electrons. The van der Waals surface area contributed by atoms with Crippen molar-refractivity contribution in [1.82, 2.24) is 19.6 Å². The zero-order valence-electron chi connectivity index (χ0n) is 15.6. The van der Waals surface area contributed by atoms with Crippen LogP contribution < -0.4 is 10.2 Å². The number of carbonyl (C=O) groups is 1. The third-order valence-electron chi connectivity index (χ3n) is 5.15. The number of amides is 1. The molecule has 9 heteroatoms. The first kappa shape index (κ1) is 19.0. The highest BCUT2D eigenvalue weighted by atomic mass is 32.2. The lowest BCUT2D eigenvalue weighted by Crippen LogP contribution is -2.34. The minimum absolute atomic E-state index is 0.101. The zero-order valence-corrected chi connectivity index (χ0v) is 16.4. The van der Waals surface area contributed by atoms with Gasteiger partial charge in [0.15, 0.2) is 0 Å². The third-order valence-corrected chi connectivity index (χ3v) is 6.42. The van der Waals surface area contributed by atoms with Crippen LogP contribution in [0.2, 0.25) is 0 Å². The van der Waals surface area contributed by atoms with Gasteiger partial charge in [-0.3, -0.25) is 4.79 Å². The van der Waals surface area contributed by atoms with Crippen molar-refractivity contribution in [1.29, 1.82) is 0 Å². The molecule has 3 rings (SSSR count). The lowest BCUT2D eigenvalue weighted by atomic mass is 9.99. The van der Waals surface area contributed by atoms with E-state index in [9.17, 15) is 13.2 Å². The van der Waals surface area contributed by atoms with Crippen LogP contribution in [0.25, 0.3) is 0 Å². The molecule has 1 unspecified atom stereocenters. The van der Waals surface area contributed by atoms with E-state index in [0.717, 1.165) is 25.7 Å². The van der Waals surface area contributed by atoms with Gasteiger partial charge in [0.1, 0.15) is 0 Å². The SMILES string of the molecule is CN(C)c1ncc(C(=O)NC2CCCC2)c(C2CCN(S(C)(=O)=O)C2)n1. The minimum atomic E-state index is -3.24. The third kappa shape index (κ3) is 4.15. The number of nitrogens with zero attached hydrogens (tertiary/aromatic N) is 4. The predicted octanol–water partition coefficient (Wildman–Crippen LogP) is 0.964. The molecule has 2 aliphatic rings. The van der Waals surface area contributed by atoms with Crippen LogP contribution in [0.5, 0.6) is 0 Å². The molecule has 1 saturated heterocycles. The minimum Gasteiger partial charge on any atom is -0.349 e. The highest BCUT2D eigenvalue weighted by molar-refractivity contribution is 7.88. The zero-order chi connectivity index (χ0) is 18.9. The molecule has 1 atom stereocenters. The number of sulfonamides is 1. The molecule has 0 bridgehead atoms. The van der Waals surface area contributed by atoms with Crippen LogP contribution in [0, 0.1) is 0 Å². The Labute approximate surface area is 155 Å². The summed E-state index contributed by atoms with van der Waals surface area (Å²) in [5.41, 5.74) is 1.10. The Hall–Kier alpha value is -1.74. The van der Waals surface area contributed by atoms with Crippen molar-refractivity contribution in [3.63, 3.8) is 0 Å². The maximum absolute atomic E-state index is 12.8. The number of nitrogens with one attached hydrogen (secondary N) is 1. The van der Waals surface area contributed by atoms with Gasteiger partial charge in [-0.2, -0.15) is 0 Å². The van der Waals surface area contributed by atoms with Gasteiger partial charge in [0.2, 0.25) is 16.0 Å². The van der Waals surface area contributed by atoms with Crippen molar-refractivity contribution in [3.05, 3.63) is 17.5 Å². The van der Waals surface area contributed by atoms with E-state index in [2.05, 4.69) is 15.3 Å². The molecule has 144 valence electrons. The molecule has 1 N–H and O–H groups in total. The fourth-order valence-electron chi connectivity index (χ4n) is 3.67. The van der Waals surface area contributed by atoms with E-state index in [0.29, 0.717) is 36.7 Å². The monoisotopic (exact) mass is 381 g/mol. The number of carbonyl (C=O) groups excluding carboxylic acids is 1. The molecular weight excluding hydrogens is 354 g/mol. The number of rotatable bonds is 5. The Bertz CT molecular complexity index is 775. The molecule has 1 amide bonds. The first-order valence-electron chi connectivity index (χ1n) is 9.06. The lowest BCUT2D eigenvalue weighted by Gasteiger charge is -2.19. The average molecular weight is 382 g/mol. The summed E-state index contributed by atoms with van der Waals surface area (Å²) in [7, 11) is 0.442. The molecule has 1 aliphatic carbocycles. The van der Waals surface area contributed by atoms with E-state index in [1.54, 1.807) is 11.1 Å². The molecule has 2 fully saturated rings. The summed E-state index contributed by atoms with van der Waals surface area (Å²) in [5, 5.41) is 3.08. The fraction of sp³-hybridized carbons (Fsp3) is 0.706. The second-order valence-corrected chi connectivity index (χ2v) is 9.41. The Morgan fingerprint density at radius 2 is 1.96 bits per heavy atom. The van der Waals surface area contributed by atoms with E-state index >= 15 is 0 Å². The average Bonchev–Trinajstić information content (AvgIpc) is 3.25. The molecule has 0 spiro atoms. The molecule has 0 aromatic carbocycles. The molecule has 8 nitrogen and oxygen atoms in total. The van der Waals surface area contributed by atoms with Crippen molar-refractivity contribution in [3.8, 4) is 0 Å². The van der Waals surface area contributed by atoms with Gasteiger partial charge >= 0.3 is 0 Å². The summed E-state index contributed by atoms with van der Waals surface area (Å²) in [4.78, 5) is 23.5. The molecular formula is C17H27N5O3S. The molecule has 1 aromatic rings. The predicted molar refractivity (Wildman–Crippen MR) is 99.9 cm³/mol. The van der Waals surface area contributed by atoms with Crippen LogP contribution in [0.3, 0.4) is 0 Å². The van der Waals surface area contributed by atoms with E-state index in [1.807, 2.05) is 14.1 Å². The Kier molecular flexibility index (Phi) is 5.47. The summed E-state index contributed by atoms with van der Waals surface area (Å²) in [5.74, 6) is 0.265. The quantitative estimate of drug-likeness (QED) is 0.816. The van der Waals surface area contributed by atoms with Gasteiger partial charge in [-0.05, 0) is 19.3 Å². The molecule has 1 saturated carbocycles. The molecule has 26 heavy (non-hydrogen) atoms. The van der Waals surface area contributed by atoms with Gasteiger partial charge in [0, 0.05) is 45.3 Å². The van der Waals surface area contributed by atoms with Crippen LogP contribution >= 0.6 is 0 Å². The summed E-state index contributed by atoms with van der Waals surface area (Å²) in [6, 6.07) is 0.208. The maximum Gasteiger partial charge on any atom is 0.254 e. The van der Waals surface area contributed by atoms with Gasteiger partial charge in [0.25, 0.3) is 5.91 Å². The number of anilines is 1. The smallest absolute Gasteiger partial charge is 0.254 e. The Morgan fingerprint density at radius 3 is 2.54 bits per heavy atom. The van der Waals surface area contributed by atoms with Crippen LogP contribution in [0.4, 0.5) is 5.95 Å². The highest BCUT2D eigenvalue weighted by Crippen LogP contribution is 2.30. The number of hydrogen-bond donors (Lipinski definition) is 1. The first-order valence-corrected chi connectivity index (χ1v) is 10.9.